The van der Waals surface area contributed by atoms with Gasteiger partial charge in [-0.05, 0) is 18.2 Å². The Morgan fingerprint density at radius 3 is 2.53 bits per heavy atom. The molecule has 2 aromatic carbocycles. The van der Waals surface area contributed by atoms with E-state index in [0.29, 0.717) is 17.8 Å². The van der Waals surface area contributed by atoms with E-state index in [2.05, 4.69) is 10.7 Å². The molecular formula is C14H15N3O2. The third-order valence-corrected chi connectivity index (χ3v) is 2.76. The quantitative estimate of drug-likeness (QED) is 0.381. The Hall–Kier alpha value is -2.53. The second-order valence-corrected chi connectivity index (χ2v) is 4.00. The zero-order valence-electron chi connectivity index (χ0n) is 10.3. The molecule has 2 aromatic rings. The largest absolute Gasteiger partial charge is 0.508 e. The van der Waals surface area contributed by atoms with Gasteiger partial charge >= 0.3 is 0 Å². The van der Waals surface area contributed by atoms with Crippen molar-refractivity contribution in [2.45, 2.75) is 6.54 Å². The third kappa shape index (κ3) is 3.02. The van der Waals surface area contributed by atoms with Crippen LogP contribution >= 0.6 is 0 Å². The third-order valence-electron chi connectivity index (χ3n) is 2.76. The van der Waals surface area contributed by atoms with Crippen LogP contribution in [0.25, 0.3) is 0 Å². The van der Waals surface area contributed by atoms with Gasteiger partial charge in [-0.3, -0.25) is 10.2 Å². The zero-order chi connectivity index (χ0) is 13.7. The number of nitrogens with two attached hydrogens (primary N) is 1. The van der Waals surface area contributed by atoms with E-state index in [1.807, 2.05) is 18.2 Å². The predicted octanol–water partition coefficient (Wildman–Crippen LogP) is 1.61. The number of aromatic hydroxyl groups is 1. The number of phenolic OH excluding ortho intramolecular Hbond substituents is 1. The van der Waals surface area contributed by atoms with Gasteiger partial charge in [0.1, 0.15) is 5.75 Å². The lowest BCUT2D eigenvalue weighted by molar-refractivity contribution is 0.0954. The van der Waals surface area contributed by atoms with Gasteiger partial charge in [-0.25, -0.2) is 5.84 Å². The van der Waals surface area contributed by atoms with Gasteiger partial charge < -0.3 is 10.4 Å². The SMILES string of the molecule is NNC(=O)c1ccccc1NCc1ccccc1O. The lowest BCUT2D eigenvalue weighted by atomic mass is 10.1. The molecule has 0 unspecified atom stereocenters. The number of benzene rings is 2. The summed E-state index contributed by atoms with van der Waals surface area (Å²) in [6.45, 7) is 0.418. The minimum Gasteiger partial charge on any atom is -0.508 e. The average molecular weight is 257 g/mol. The Kier molecular flexibility index (Phi) is 4.00. The first-order valence-corrected chi connectivity index (χ1v) is 5.83. The van der Waals surface area contributed by atoms with Crippen molar-refractivity contribution in [3.63, 3.8) is 0 Å². The number of hydrogen-bond acceptors (Lipinski definition) is 4. The van der Waals surface area contributed by atoms with Crippen LogP contribution in [-0.2, 0) is 6.54 Å². The van der Waals surface area contributed by atoms with Crippen molar-refractivity contribution in [1.82, 2.24) is 5.43 Å². The van der Waals surface area contributed by atoms with E-state index in [9.17, 15) is 9.90 Å². The van der Waals surface area contributed by atoms with Crippen LogP contribution in [0.15, 0.2) is 48.5 Å². The van der Waals surface area contributed by atoms with Gasteiger partial charge in [0.05, 0.1) is 5.56 Å². The van der Waals surface area contributed by atoms with Crippen LogP contribution in [0, 0.1) is 0 Å². The molecule has 1 amide bonds. The number of carbonyl (C=O) groups is 1. The zero-order valence-corrected chi connectivity index (χ0v) is 10.3. The van der Waals surface area contributed by atoms with E-state index in [1.54, 1.807) is 30.3 Å². The first-order chi connectivity index (χ1) is 9.22. The van der Waals surface area contributed by atoms with Crippen molar-refractivity contribution in [2.24, 2.45) is 5.84 Å². The fraction of sp³-hybridized carbons (Fsp3) is 0.0714. The van der Waals surface area contributed by atoms with Gasteiger partial charge in [0, 0.05) is 17.8 Å². The molecular weight excluding hydrogens is 242 g/mol. The first kappa shape index (κ1) is 12.9. The summed E-state index contributed by atoms with van der Waals surface area (Å²) in [5.41, 5.74) is 3.98. The number of carbonyl (C=O) groups excluding carboxylic acids is 1. The minimum absolute atomic E-state index is 0.218. The maximum atomic E-state index is 11.6. The summed E-state index contributed by atoms with van der Waals surface area (Å²) in [5, 5.41) is 12.8. The maximum Gasteiger partial charge on any atom is 0.267 e. The fourth-order valence-electron chi connectivity index (χ4n) is 1.76. The molecule has 0 aliphatic heterocycles. The van der Waals surface area contributed by atoms with Gasteiger partial charge in [-0.2, -0.15) is 0 Å². The van der Waals surface area contributed by atoms with Crippen LogP contribution in [-0.4, -0.2) is 11.0 Å². The highest BCUT2D eigenvalue weighted by Gasteiger charge is 2.09. The molecule has 0 aromatic heterocycles. The average Bonchev–Trinajstić information content (AvgIpc) is 2.46. The standard InChI is InChI=1S/C14H15N3O2/c15-17-14(19)11-6-2-3-7-12(11)16-9-10-5-1-4-8-13(10)18/h1-8,16,18H,9,15H2,(H,17,19). The molecule has 0 aliphatic rings. The van der Waals surface area contributed by atoms with Crippen LogP contribution in [0.1, 0.15) is 15.9 Å². The van der Waals surface area contributed by atoms with Crippen molar-refractivity contribution in [1.29, 1.82) is 0 Å². The van der Waals surface area contributed by atoms with Gasteiger partial charge in [0.25, 0.3) is 5.91 Å². The van der Waals surface area contributed by atoms with Gasteiger partial charge in [0.15, 0.2) is 0 Å². The molecule has 0 radical (unpaired) electrons. The van der Waals surface area contributed by atoms with Crippen LogP contribution in [0.3, 0.4) is 0 Å². The fourth-order valence-corrected chi connectivity index (χ4v) is 1.76. The summed E-state index contributed by atoms with van der Waals surface area (Å²) in [5.74, 6) is 4.99. The molecule has 0 aliphatic carbocycles. The highest BCUT2D eigenvalue weighted by molar-refractivity contribution is 5.99. The molecule has 5 heteroatoms. The summed E-state index contributed by atoms with van der Waals surface area (Å²) in [7, 11) is 0. The molecule has 0 spiro atoms. The number of hydrogen-bond donors (Lipinski definition) is 4. The number of nitrogens with one attached hydrogen (secondary N) is 2. The second kappa shape index (κ2) is 5.88. The van der Waals surface area contributed by atoms with Gasteiger partial charge in [-0.15, -0.1) is 0 Å². The van der Waals surface area contributed by atoms with Crippen molar-refractivity contribution < 1.29 is 9.90 Å². The Labute approximate surface area is 111 Å². The smallest absolute Gasteiger partial charge is 0.267 e. The Morgan fingerprint density at radius 2 is 1.79 bits per heavy atom. The Morgan fingerprint density at radius 1 is 1.11 bits per heavy atom. The van der Waals surface area contributed by atoms with E-state index < -0.39 is 0 Å². The Balaban J connectivity index is 2.16. The molecule has 0 atom stereocenters. The predicted molar refractivity (Wildman–Crippen MR) is 73.5 cm³/mol. The van der Waals surface area contributed by atoms with Crippen LogP contribution in [0.4, 0.5) is 5.69 Å². The Bertz CT molecular complexity index is 584. The molecule has 0 fully saturated rings. The van der Waals surface area contributed by atoms with E-state index in [4.69, 9.17) is 5.84 Å². The summed E-state index contributed by atoms with van der Waals surface area (Å²) < 4.78 is 0. The number of amides is 1. The maximum absolute atomic E-state index is 11.6. The van der Waals surface area contributed by atoms with Crippen LogP contribution in [0.5, 0.6) is 5.75 Å². The topological polar surface area (TPSA) is 87.4 Å². The lowest BCUT2D eigenvalue weighted by Gasteiger charge is -2.11. The van der Waals surface area contributed by atoms with Crippen LogP contribution in [0.2, 0.25) is 0 Å². The van der Waals surface area contributed by atoms with Gasteiger partial charge in [-0.1, -0.05) is 30.3 Å². The summed E-state index contributed by atoms with van der Waals surface area (Å²) >= 11 is 0. The molecule has 98 valence electrons. The normalized spacial score (nSPS) is 9.95. The summed E-state index contributed by atoms with van der Waals surface area (Å²) in [4.78, 5) is 11.6. The van der Waals surface area contributed by atoms with E-state index in [1.165, 1.54) is 0 Å². The molecule has 0 saturated heterocycles. The second-order valence-electron chi connectivity index (χ2n) is 4.00. The van der Waals surface area contributed by atoms with Gasteiger partial charge in [0.2, 0.25) is 0 Å². The highest BCUT2D eigenvalue weighted by atomic mass is 16.3. The summed E-state index contributed by atoms with van der Waals surface area (Å²) in [6.07, 6.45) is 0. The molecule has 0 saturated carbocycles. The van der Waals surface area contributed by atoms with Crippen molar-refractivity contribution in [2.75, 3.05) is 5.32 Å². The van der Waals surface area contributed by atoms with E-state index in [0.717, 1.165) is 5.56 Å². The number of phenols is 1. The minimum atomic E-state index is -0.361. The molecule has 19 heavy (non-hydrogen) atoms. The van der Waals surface area contributed by atoms with Crippen LogP contribution < -0.4 is 16.6 Å². The molecule has 5 N–H and O–H groups in total. The van der Waals surface area contributed by atoms with Crippen molar-refractivity contribution >= 4 is 11.6 Å². The molecule has 5 nitrogen and oxygen atoms in total. The number of nitrogen functional groups attached to an aromatic ring is 1. The van der Waals surface area contributed by atoms with E-state index in [-0.39, 0.29) is 11.7 Å². The number of anilines is 1. The van der Waals surface area contributed by atoms with Crippen molar-refractivity contribution in [3.05, 3.63) is 59.7 Å². The molecule has 0 heterocycles. The molecule has 0 bridgehead atoms. The number of rotatable bonds is 4. The molecule has 2 rings (SSSR count). The van der Waals surface area contributed by atoms with E-state index >= 15 is 0 Å². The summed E-state index contributed by atoms with van der Waals surface area (Å²) in [6, 6.07) is 14.1. The lowest BCUT2D eigenvalue weighted by Crippen LogP contribution is -2.30. The highest BCUT2D eigenvalue weighted by Crippen LogP contribution is 2.19. The first-order valence-electron chi connectivity index (χ1n) is 5.83. The monoisotopic (exact) mass is 257 g/mol. The number of para-hydroxylation sites is 2. The van der Waals surface area contributed by atoms with Crippen molar-refractivity contribution in [3.8, 4) is 5.75 Å². The number of hydrazine groups is 1.